The first-order chi connectivity index (χ1) is 9.22. The lowest BCUT2D eigenvalue weighted by atomic mass is 9.91. The third kappa shape index (κ3) is 4.06. The molecule has 4 heteroatoms. The Morgan fingerprint density at radius 3 is 2.79 bits per heavy atom. The first-order valence-electron chi connectivity index (χ1n) is 6.82. The Balaban J connectivity index is 2.29. The highest BCUT2D eigenvalue weighted by atomic mass is 79.9. The molecule has 2 rings (SSSR count). The zero-order chi connectivity index (χ0) is 13.7. The van der Waals surface area contributed by atoms with Gasteiger partial charge >= 0.3 is 0 Å². The van der Waals surface area contributed by atoms with Crippen LogP contribution < -0.4 is 11.3 Å². The summed E-state index contributed by atoms with van der Waals surface area (Å²) < 4.78 is 1.04. The average Bonchev–Trinajstić information content (AvgIpc) is 2.36. The minimum atomic E-state index is 0.0474. The largest absolute Gasteiger partial charge is 0.271 e. The fourth-order valence-electron chi connectivity index (χ4n) is 2.61. The van der Waals surface area contributed by atoms with E-state index in [0.717, 1.165) is 27.9 Å². The Bertz CT molecular complexity index is 459. The van der Waals surface area contributed by atoms with Crippen molar-refractivity contribution in [1.29, 1.82) is 0 Å². The van der Waals surface area contributed by atoms with Crippen molar-refractivity contribution in [3.8, 4) is 0 Å². The fraction of sp³-hybridized carbons (Fsp3) is 0.467. The second-order valence-corrected chi connectivity index (χ2v) is 6.29. The molecule has 0 fully saturated rings. The van der Waals surface area contributed by atoms with Crippen LogP contribution in [0.5, 0.6) is 0 Å². The van der Waals surface area contributed by atoms with Gasteiger partial charge in [-0.15, -0.1) is 0 Å². The van der Waals surface area contributed by atoms with Crippen molar-refractivity contribution in [3.63, 3.8) is 0 Å². The van der Waals surface area contributed by atoms with E-state index in [1.807, 2.05) is 18.2 Å². The van der Waals surface area contributed by atoms with Gasteiger partial charge < -0.3 is 0 Å². The lowest BCUT2D eigenvalue weighted by Crippen LogP contribution is -2.30. The summed E-state index contributed by atoms with van der Waals surface area (Å²) in [5, 5.41) is 0.741. The molecule has 1 unspecified atom stereocenters. The normalized spacial score (nSPS) is 21.1. The zero-order valence-corrected chi connectivity index (χ0v) is 13.3. The van der Waals surface area contributed by atoms with Crippen molar-refractivity contribution < 1.29 is 0 Å². The molecular weight excluding hydrogens is 324 g/mol. The molecule has 0 bridgehead atoms. The fourth-order valence-corrected chi connectivity index (χ4v) is 3.27. The molecule has 19 heavy (non-hydrogen) atoms. The number of rotatable bonds is 3. The van der Waals surface area contributed by atoms with Crippen LogP contribution in [0.15, 0.2) is 34.3 Å². The number of hydrazine groups is 1. The summed E-state index contributed by atoms with van der Waals surface area (Å²) in [4.78, 5) is 0. The molecule has 0 spiro atoms. The van der Waals surface area contributed by atoms with E-state index in [1.165, 1.54) is 31.3 Å². The Morgan fingerprint density at radius 2 is 2.00 bits per heavy atom. The molecule has 0 heterocycles. The van der Waals surface area contributed by atoms with E-state index in [-0.39, 0.29) is 6.04 Å². The molecule has 1 atom stereocenters. The third-order valence-electron chi connectivity index (χ3n) is 3.63. The summed E-state index contributed by atoms with van der Waals surface area (Å²) in [6, 6.07) is 5.89. The van der Waals surface area contributed by atoms with Crippen LogP contribution in [-0.4, -0.2) is 0 Å². The SMILES string of the molecule is NNC(/C1=C/CCCCCC1)c1cc(Cl)ccc1Br. The van der Waals surface area contributed by atoms with E-state index in [9.17, 15) is 0 Å². The lowest BCUT2D eigenvalue weighted by Gasteiger charge is -2.23. The molecule has 1 aromatic rings. The minimum Gasteiger partial charge on any atom is -0.271 e. The van der Waals surface area contributed by atoms with Gasteiger partial charge in [0, 0.05) is 9.50 Å². The van der Waals surface area contributed by atoms with Gasteiger partial charge in [0.25, 0.3) is 0 Å². The maximum absolute atomic E-state index is 6.11. The smallest absolute Gasteiger partial charge is 0.0681 e. The molecule has 1 aliphatic carbocycles. The van der Waals surface area contributed by atoms with Gasteiger partial charge in [0.2, 0.25) is 0 Å². The van der Waals surface area contributed by atoms with E-state index < -0.39 is 0 Å². The van der Waals surface area contributed by atoms with Crippen molar-refractivity contribution in [3.05, 3.63) is 44.9 Å². The van der Waals surface area contributed by atoms with Gasteiger partial charge in [0.15, 0.2) is 0 Å². The van der Waals surface area contributed by atoms with Gasteiger partial charge in [-0.25, -0.2) is 5.43 Å². The van der Waals surface area contributed by atoms with Crippen LogP contribution in [-0.2, 0) is 0 Å². The summed E-state index contributed by atoms with van der Waals surface area (Å²) in [6.07, 6.45) is 9.76. The lowest BCUT2D eigenvalue weighted by molar-refractivity contribution is 0.554. The summed E-state index contributed by atoms with van der Waals surface area (Å²) >= 11 is 9.70. The summed E-state index contributed by atoms with van der Waals surface area (Å²) in [7, 11) is 0. The second-order valence-electron chi connectivity index (χ2n) is 5.00. The average molecular weight is 344 g/mol. The van der Waals surface area contributed by atoms with Gasteiger partial charge in [-0.2, -0.15) is 0 Å². The highest BCUT2D eigenvalue weighted by Gasteiger charge is 2.18. The Morgan fingerprint density at radius 1 is 1.21 bits per heavy atom. The van der Waals surface area contributed by atoms with Gasteiger partial charge in [0.05, 0.1) is 6.04 Å². The van der Waals surface area contributed by atoms with E-state index in [0.29, 0.717) is 0 Å². The van der Waals surface area contributed by atoms with Crippen LogP contribution in [0.25, 0.3) is 0 Å². The van der Waals surface area contributed by atoms with Crippen LogP contribution in [0.4, 0.5) is 0 Å². The monoisotopic (exact) mass is 342 g/mol. The maximum atomic E-state index is 6.11. The van der Waals surface area contributed by atoms with Crippen molar-refractivity contribution >= 4 is 27.5 Å². The standard InChI is InChI=1S/C15H20BrClN2/c16-14-9-8-12(17)10-13(14)15(19-18)11-6-4-2-1-3-5-7-11/h6,8-10,15,19H,1-5,7,18H2/b11-6+. The Labute approximate surface area is 128 Å². The second kappa shape index (κ2) is 7.44. The first kappa shape index (κ1) is 15.0. The predicted molar refractivity (Wildman–Crippen MR) is 85.0 cm³/mol. The zero-order valence-electron chi connectivity index (χ0n) is 11.0. The van der Waals surface area contributed by atoms with E-state index in [2.05, 4.69) is 27.4 Å². The molecule has 0 aliphatic heterocycles. The van der Waals surface area contributed by atoms with Gasteiger partial charge in [-0.05, 0) is 49.4 Å². The highest BCUT2D eigenvalue weighted by molar-refractivity contribution is 9.10. The summed E-state index contributed by atoms with van der Waals surface area (Å²) in [6.45, 7) is 0. The van der Waals surface area contributed by atoms with Crippen molar-refractivity contribution in [1.82, 2.24) is 5.43 Å². The topological polar surface area (TPSA) is 38.0 Å². The molecule has 0 radical (unpaired) electrons. The third-order valence-corrected chi connectivity index (χ3v) is 4.59. The van der Waals surface area contributed by atoms with Crippen LogP contribution in [0.2, 0.25) is 5.02 Å². The van der Waals surface area contributed by atoms with Gasteiger partial charge in [-0.3, -0.25) is 5.84 Å². The highest BCUT2D eigenvalue weighted by Crippen LogP contribution is 2.33. The number of allylic oxidation sites excluding steroid dienone is 1. The Hall–Kier alpha value is -0.350. The molecule has 0 saturated carbocycles. The summed E-state index contributed by atoms with van der Waals surface area (Å²) in [5.41, 5.74) is 5.44. The molecule has 2 nitrogen and oxygen atoms in total. The number of hydrogen-bond donors (Lipinski definition) is 2. The predicted octanol–water partition coefficient (Wildman–Crippen LogP) is 4.89. The van der Waals surface area contributed by atoms with Gasteiger partial charge in [-0.1, -0.05) is 52.0 Å². The molecule has 1 aliphatic rings. The number of nitrogens with one attached hydrogen (secondary N) is 1. The number of nitrogens with two attached hydrogens (primary N) is 1. The van der Waals surface area contributed by atoms with E-state index >= 15 is 0 Å². The first-order valence-corrected chi connectivity index (χ1v) is 7.99. The molecule has 1 aromatic carbocycles. The van der Waals surface area contributed by atoms with Crippen LogP contribution in [0.3, 0.4) is 0 Å². The Kier molecular flexibility index (Phi) is 5.89. The van der Waals surface area contributed by atoms with Crippen LogP contribution >= 0.6 is 27.5 Å². The van der Waals surface area contributed by atoms with Crippen LogP contribution in [0.1, 0.15) is 50.1 Å². The van der Waals surface area contributed by atoms with Crippen molar-refractivity contribution in [2.24, 2.45) is 5.84 Å². The van der Waals surface area contributed by atoms with Crippen molar-refractivity contribution in [2.75, 3.05) is 0 Å². The van der Waals surface area contributed by atoms with Gasteiger partial charge in [0.1, 0.15) is 0 Å². The molecule has 104 valence electrons. The molecule has 0 amide bonds. The summed E-state index contributed by atoms with van der Waals surface area (Å²) in [5.74, 6) is 5.79. The number of benzene rings is 1. The van der Waals surface area contributed by atoms with E-state index in [1.54, 1.807) is 0 Å². The number of hydrogen-bond acceptors (Lipinski definition) is 2. The molecule has 3 N–H and O–H groups in total. The van der Waals surface area contributed by atoms with Crippen LogP contribution in [0, 0.1) is 0 Å². The molecule has 0 aromatic heterocycles. The molecular formula is C15H20BrClN2. The minimum absolute atomic E-state index is 0.0474. The maximum Gasteiger partial charge on any atom is 0.0681 e. The van der Waals surface area contributed by atoms with Crippen molar-refractivity contribution in [2.45, 2.75) is 44.6 Å². The number of halogens is 2. The quantitative estimate of drug-likeness (QED) is 0.466. The van der Waals surface area contributed by atoms with E-state index in [4.69, 9.17) is 17.4 Å². The molecule has 0 saturated heterocycles.